The van der Waals surface area contributed by atoms with Crippen LogP contribution in [0.15, 0.2) is 30.5 Å². The van der Waals surface area contributed by atoms with Gasteiger partial charge in [-0.15, -0.1) is 0 Å². The van der Waals surface area contributed by atoms with Gasteiger partial charge in [-0.2, -0.15) is 5.10 Å². The molecule has 0 radical (unpaired) electrons. The van der Waals surface area contributed by atoms with Crippen LogP contribution in [0.3, 0.4) is 0 Å². The normalized spacial score (nSPS) is 14.4. The number of benzene rings is 1. The number of aromatic nitrogens is 2. The van der Waals surface area contributed by atoms with Crippen LogP contribution in [0.4, 0.5) is 0 Å². The van der Waals surface area contributed by atoms with Gasteiger partial charge in [0.25, 0.3) is 0 Å². The minimum absolute atomic E-state index is 0.691. The molecule has 1 aliphatic rings. The van der Waals surface area contributed by atoms with Gasteiger partial charge in [0.05, 0.1) is 11.9 Å². The number of carbonyl (C=O) groups excluding carboxylic acids is 1. The van der Waals surface area contributed by atoms with E-state index in [1.807, 2.05) is 35.1 Å². The summed E-state index contributed by atoms with van der Waals surface area (Å²) in [7, 11) is 0. The van der Waals surface area contributed by atoms with E-state index in [4.69, 9.17) is 0 Å². The van der Waals surface area contributed by atoms with E-state index >= 15 is 0 Å². The zero-order chi connectivity index (χ0) is 11.7. The molecule has 1 aromatic heterocycles. The third-order valence-corrected chi connectivity index (χ3v) is 3.08. The van der Waals surface area contributed by atoms with Gasteiger partial charge in [0.15, 0.2) is 0 Å². The van der Waals surface area contributed by atoms with Crippen molar-refractivity contribution in [2.75, 3.05) is 6.54 Å². The first-order valence-corrected chi connectivity index (χ1v) is 5.70. The summed E-state index contributed by atoms with van der Waals surface area (Å²) in [5, 5.41) is 7.74. The Morgan fingerprint density at radius 3 is 2.88 bits per heavy atom. The fourth-order valence-corrected chi connectivity index (χ4v) is 2.17. The summed E-state index contributed by atoms with van der Waals surface area (Å²) in [5.74, 6) is 0. The fourth-order valence-electron chi connectivity index (χ4n) is 2.17. The van der Waals surface area contributed by atoms with Crippen molar-refractivity contribution in [3.8, 4) is 5.69 Å². The van der Waals surface area contributed by atoms with Crippen LogP contribution in [-0.2, 0) is 13.0 Å². The summed E-state index contributed by atoms with van der Waals surface area (Å²) < 4.78 is 1.96. The largest absolute Gasteiger partial charge is 0.312 e. The van der Waals surface area contributed by atoms with E-state index in [2.05, 4.69) is 10.4 Å². The molecule has 1 aliphatic heterocycles. The first-order valence-electron chi connectivity index (χ1n) is 5.70. The molecule has 86 valence electrons. The Labute approximate surface area is 99.3 Å². The Balaban J connectivity index is 2.02. The van der Waals surface area contributed by atoms with Gasteiger partial charge in [0, 0.05) is 36.3 Å². The molecule has 17 heavy (non-hydrogen) atoms. The molecule has 0 aliphatic carbocycles. The average molecular weight is 227 g/mol. The zero-order valence-corrected chi connectivity index (χ0v) is 9.39. The molecule has 4 heteroatoms. The Hall–Kier alpha value is -1.94. The molecule has 0 fully saturated rings. The van der Waals surface area contributed by atoms with Gasteiger partial charge in [-0.1, -0.05) is 0 Å². The van der Waals surface area contributed by atoms with Crippen molar-refractivity contribution in [2.24, 2.45) is 0 Å². The summed E-state index contributed by atoms with van der Waals surface area (Å²) in [6.07, 6.45) is 3.76. The standard InChI is InChI=1S/C13H13N3O/c17-9-10-1-3-12(4-2-10)16-13-5-6-14-7-11(13)8-15-16/h1-4,8-9,14H,5-7H2. The molecule has 2 heterocycles. The molecule has 1 N–H and O–H groups in total. The van der Waals surface area contributed by atoms with E-state index in [9.17, 15) is 4.79 Å². The Morgan fingerprint density at radius 1 is 1.29 bits per heavy atom. The molecule has 0 unspecified atom stereocenters. The predicted octanol–water partition coefficient (Wildman–Crippen LogP) is 1.33. The smallest absolute Gasteiger partial charge is 0.150 e. The van der Waals surface area contributed by atoms with E-state index in [1.165, 1.54) is 11.3 Å². The maximum absolute atomic E-state index is 10.6. The molecule has 0 atom stereocenters. The highest BCUT2D eigenvalue weighted by molar-refractivity contribution is 5.75. The summed E-state index contributed by atoms with van der Waals surface area (Å²) >= 11 is 0. The molecule has 4 nitrogen and oxygen atoms in total. The molecule has 1 aromatic carbocycles. The average Bonchev–Trinajstić information content (AvgIpc) is 2.83. The van der Waals surface area contributed by atoms with Crippen molar-refractivity contribution in [3.05, 3.63) is 47.3 Å². The van der Waals surface area contributed by atoms with Crippen LogP contribution >= 0.6 is 0 Å². The van der Waals surface area contributed by atoms with Crippen LogP contribution in [0.1, 0.15) is 21.6 Å². The second kappa shape index (κ2) is 4.14. The van der Waals surface area contributed by atoms with Crippen molar-refractivity contribution in [1.29, 1.82) is 0 Å². The lowest BCUT2D eigenvalue weighted by atomic mass is 10.1. The van der Waals surface area contributed by atoms with Crippen LogP contribution in [0, 0.1) is 0 Å². The highest BCUT2D eigenvalue weighted by atomic mass is 16.1. The topological polar surface area (TPSA) is 46.9 Å². The molecular formula is C13H13N3O. The lowest BCUT2D eigenvalue weighted by Gasteiger charge is -2.15. The van der Waals surface area contributed by atoms with Crippen molar-refractivity contribution in [3.63, 3.8) is 0 Å². The highest BCUT2D eigenvalue weighted by Gasteiger charge is 2.15. The number of aldehydes is 1. The van der Waals surface area contributed by atoms with Gasteiger partial charge in [0.2, 0.25) is 0 Å². The van der Waals surface area contributed by atoms with Crippen LogP contribution in [0.25, 0.3) is 5.69 Å². The molecule has 0 amide bonds. The molecule has 0 saturated carbocycles. The number of hydrogen-bond donors (Lipinski definition) is 1. The first kappa shape index (κ1) is 10.2. The fraction of sp³-hybridized carbons (Fsp3) is 0.231. The molecule has 0 bridgehead atoms. The van der Waals surface area contributed by atoms with Gasteiger partial charge in [-0.3, -0.25) is 4.79 Å². The van der Waals surface area contributed by atoms with Crippen molar-refractivity contribution < 1.29 is 4.79 Å². The van der Waals surface area contributed by atoms with E-state index in [0.717, 1.165) is 31.5 Å². The lowest BCUT2D eigenvalue weighted by molar-refractivity contribution is 0.112. The number of fused-ring (bicyclic) bond motifs is 1. The third kappa shape index (κ3) is 1.76. The van der Waals surface area contributed by atoms with Gasteiger partial charge in [-0.25, -0.2) is 4.68 Å². The monoisotopic (exact) mass is 227 g/mol. The lowest BCUT2D eigenvalue weighted by Crippen LogP contribution is -2.24. The number of nitrogens with zero attached hydrogens (tertiary/aromatic N) is 2. The van der Waals surface area contributed by atoms with E-state index in [-0.39, 0.29) is 0 Å². The quantitative estimate of drug-likeness (QED) is 0.787. The second-order valence-electron chi connectivity index (χ2n) is 4.16. The molecule has 0 spiro atoms. The van der Waals surface area contributed by atoms with E-state index < -0.39 is 0 Å². The van der Waals surface area contributed by atoms with Gasteiger partial charge in [0.1, 0.15) is 6.29 Å². The maximum Gasteiger partial charge on any atom is 0.150 e. The number of carbonyl (C=O) groups is 1. The number of hydrogen-bond acceptors (Lipinski definition) is 3. The SMILES string of the molecule is O=Cc1ccc(-n2ncc3c2CCNC3)cc1. The van der Waals surface area contributed by atoms with Crippen molar-refractivity contribution >= 4 is 6.29 Å². The van der Waals surface area contributed by atoms with Crippen molar-refractivity contribution in [2.45, 2.75) is 13.0 Å². The van der Waals surface area contributed by atoms with Crippen LogP contribution in [-0.4, -0.2) is 22.6 Å². The summed E-state index contributed by atoms with van der Waals surface area (Å²) in [6, 6.07) is 7.49. The van der Waals surface area contributed by atoms with Crippen molar-refractivity contribution in [1.82, 2.24) is 15.1 Å². The van der Waals surface area contributed by atoms with Gasteiger partial charge in [-0.05, 0) is 24.3 Å². The minimum atomic E-state index is 0.691. The number of nitrogens with one attached hydrogen (secondary N) is 1. The molecule has 3 rings (SSSR count). The van der Waals surface area contributed by atoms with Crippen LogP contribution < -0.4 is 5.32 Å². The minimum Gasteiger partial charge on any atom is -0.312 e. The number of rotatable bonds is 2. The third-order valence-electron chi connectivity index (χ3n) is 3.08. The summed E-state index contributed by atoms with van der Waals surface area (Å²) in [5.41, 5.74) is 4.23. The summed E-state index contributed by atoms with van der Waals surface area (Å²) in [4.78, 5) is 10.6. The zero-order valence-electron chi connectivity index (χ0n) is 9.39. The maximum atomic E-state index is 10.6. The second-order valence-corrected chi connectivity index (χ2v) is 4.16. The summed E-state index contributed by atoms with van der Waals surface area (Å²) in [6.45, 7) is 1.88. The molecular weight excluding hydrogens is 214 g/mol. The highest BCUT2D eigenvalue weighted by Crippen LogP contribution is 2.18. The van der Waals surface area contributed by atoms with Gasteiger partial charge < -0.3 is 5.32 Å². The Kier molecular flexibility index (Phi) is 2.49. The molecule has 2 aromatic rings. The van der Waals surface area contributed by atoms with Gasteiger partial charge >= 0.3 is 0 Å². The van der Waals surface area contributed by atoms with Crippen LogP contribution in [0.5, 0.6) is 0 Å². The molecule has 0 saturated heterocycles. The van der Waals surface area contributed by atoms with Crippen LogP contribution in [0.2, 0.25) is 0 Å². The van der Waals surface area contributed by atoms with E-state index in [0.29, 0.717) is 5.56 Å². The Morgan fingerprint density at radius 2 is 2.12 bits per heavy atom. The first-order chi connectivity index (χ1) is 8.38. The van der Waals surface area contributed by atoms with E-state index in [1.54, 1.807) is 0 Å². The Bertz CT molecular complexity index is 542. The predicted molar refractivity (Wildman–Crippen MR) is 64.4 cm³/mol.